The molecule has 0 aromatic heterocycles. The summed E-state index contributed by atoms with van der Waals surface area (Å²) in [5, 5.41) is 2.99. The fraction of sp³-hybridized carbons (Fsp3) is 0.931. The van der Waals surface area contributed by atoms with E-state index in [2.05, 4.69) is 12.2 Å². The molecule has 0 bridgehead atoms. The minimum absolute atomic E-state index is 0. The van der Waals surface area contributed by atoms with Crippen molar-refractivity contribution in [2.45, 2.75) is 154 Å². The highest BCUT2D eigenvalue weighted by Gasteiger charge is 2.27. The van der Waals surface area contributed by atoms with E-state index in [0.29, 0.717) is 25.9 Å². The molecule has 1 heterocycles. The summed E-state index contributed by atoms with van der Waals surface area (Å²) >= 11 is 0. The van der Waals surface area contributed by atoms with Crippen LogP contribution in [0.1, 0.15) is 142 Å². The Balaban J connectivity index is 0. The Kier molecular flexibility index (Phi) is 28.2. The SMILES string of the molecule is CCCCCCCCCCCCCCCCC(=O)N1CCCCC1CNC(=O)C(N)CCCCN.Cl.Cl. The van der Waals surface area contributed by atoms with Crippen molar-refractivity contribution in [2.24, 2.45) is 11.5 Å². The minimum Gasteiger partial charge on any atom is -0.353 e. The maximum Gasteiger partial charge on any atom is 0.236 e. The third kappa shape index (κ3) is 20.1. The van der Waals surface area contributed by atoms with Crippen molar-refractivity contribution in [1.82, 2.24) is 10.2 Å². The van der Waals surface area contributed by atoms with E-state index in [-0.39, 0.29) is 42.7 Å². The van der Waals surface area contributed by atoms with Crippen molar-refractivity contribution >= 4 is 36.6 Å². The number of carbonyl (C=O) groups excluding carboxylic acids is 2. The van der Waals surface area contributed by atoms with Crippen LogP contribution in [0.5, 0.6) is 0 Å². The van der Waals surface area contributed by atoms with Crippen LogP contribution in [-0.2, 0) is 9.59 Å². The van der Waals surface area contributed by atoms with Gasteiger partial charge in [0.1, 0.15) is 0 Å². The zero-order valence-corrected chi connectivity index (χ0v) is 25.5. The lowest BCUT2D eigenvalue weighted by molar-refractivity contribution is -0.135. The Bertz CT molecular complexity index is 540. The number of rotatable bonds is 22. The fourth-order valence-electron chi connectivity index (χ4n) is 5.14. The van der Waals surface area contributed by atoms with Crippen LogP contribution in [0.3, 0.4) is 0 Å². The zero-order chi connectivity index (χ0) is 25.6. The summed E-state index contributed by atoms with van der Waals surface area (Å²) < 4.78 is 0. The van der Waals surface area contributed by atoms with Gasteiger partial charge in [-0.05, 0) is 45.1 Å². The molecule has 222 valence electrons. The Morgan fingerprint density at radius 2 is 1.35 bits per heavy atom. The molecule has 1 aliphatic heterocycles. The van der Waals surface area contributed by atoms with E-state index in [4.69, 9.17) is 11.5 Å². The van der Waals surface area contributed by atoms with Gasteiger partial charge in [0.25, 0.3) is 0 Å². The highest BCUT2D eigenvalue weighted by Crippen LogP contribution is 2.19. The van der Waals surface area contributed by atoms with Crippen LogP contribution in [0.25, 0.3) is 0 Å². The first kappa shape index (κ1) is 38.6. The topological polar surface area (TPSA) is 101 Å². The molecule has 2 unspecified atom stereocenters. The van der Waals surface area contributed by atoms with Crippen LogP contribution < -0.4 is 16.8 Å². The maximum atomic E-state index is 12.9. The largest absolute Gasteiger partial charge is 0.353 e. The quantitative estimate of drug-likeness (QED) is 0.127. The highest BCUT2D eigenvalue weighted by atomic mass is 35.5. The number of hydrogen-bond acceptors (Lipinski definition) is 4. The molecular formula is C29H60Cl2N4O2. The van der Waals surface area contributed by atoms with E-state index in [1.807, 2.05) is 4.90 Å². The molecule has 1 rings (SSSR count). The average Bonchev–Trinajstić information content (AvgIpc) is 2.87. The van der Waals surface area contributed by atoms with Gasteiger partial charge >= 0.3 is 0 Å². The van der Waals surface area contributed by atoms with E-state index in [1.54, 1.807) is 0 Å². The van der Waals surface area contributed by atoms with E-state index in [1.165, 1.54) is 77.0 Å². The number of carbonyl (C=O) groups is 2. The van der Waals surface area contributed by atoms with Gasteiger partial charge in [-0.2, -0.15) is 0 Å². The molecule has 8 heteroatoms. The van der Waals surface area contributed by atoms with Crippen molar-refractivity contribution in [1.29, 1.82) is 0 Å². The van der Waals surface area contributed by atoms with E-state index in [9.17, 15) is 9.59 Å². The van der Waals surface area contributed by atoms with Gasteiger partial charge in [0.2, 0.25) is 11.8 Å². The normalized spacial score (nSPS) is 16.0. The molecule has 0 aliphatic carbocycles. The monoisotopic (exact) mass is 566 g/mol. The molecule has 1 aliphatic rings. The van der Waals surface area contributed by atoms with Crippen LogP contribution in [0, 0.1) is 0 Å². The molecule has 2 amide bonds. The van der Waals surface area contributed by atoms with Crippen molar-refractivity contribution in [2.75, 3.05) is 19.6 Å². The van der Waals surface area contributed by atoms with E-state index >= 15 is 0 Å². The van der Waals surface area contributed by atoms with Crippen LogP contribution in [0.4, 0.5) is 0 Å². The third-order valence-corrected chi connectivity index (χ3v) is 7.51. The van der Waals surface area contributed by atoms with Crippen molar-refractivity contribution < 1.29 is 9.59 Å². The van der Waals surface area contributed by atoms with E-state index in [0.717, 1.165) is 51.5 Å². The first-order valence-corrected chi connectivity index (χ1v) is 15.1. The first-order chi connectivity index (χ1) is 17.1. The number of unbranched alkanes of at least 4 members (excludes halogenated alkanes) is 14. The lowest BCUT2D eigenvalue weighted by atomic mass is 10.00. The van der Waals surface area contributed by atoms with Gasteiger partial charge in [-0.15, -0.1) is 24.8 Å². The first-order valence-electron chi connectivity index (χ1n) is 15.1. The third-order valence-electron chi connectivity index (χ3n) is 7.51. The Labute approximate surface area is 241 Å². The van der Waals surface area contributed by atoms with Gasteiger partial charge < -0.3 is 21.7 Å². The number of nitrogens with one attached hydrogen (secondary N) is 1. The Morgan fingerprint density at radius 3 is 1.89 bits per heavy atom. The smallest absolute Gasteiger partial charge is 0.236 e. The lowest BCUT2D eigenvalue weighted by Crippen LogP contribution is -2.51. The number of likely N-dealkylation sites (tertiary alicyclic amines) is 1. The van der Waals surface area contributed by atoms with Crippen molar-refractivity contribution in [3.8, 4) is 0 Å². The number of nitrogens with two attached hydrogens (primary N) is 2. The number of halogens is 2. The zero-order valence-electron chi connectivity index (χ0n) is 23.9. The van der Waals surface area contributed by atoms with Gasteiger partial charge in [-0.3, -0.25) is 9.59 Å². The number of piperidine rings is 1. The molecule has 0 saturated carbocycles. The van der Waals surface area contributed by atoms with Gasteiger partial charge in [0, 0.05) is 25.6 Å². The van der Waals surface area contributed by atoms with E-state index < -0.39 is 6.04 Å². The maximum absolute atomic E-state index is 12.9. The fourth-order valence-corrected chi connectivity index (χ4v) is 5.14. The molecule has 37 heavy (non-hydrogen) atoms. The van der Waals surface area contributed by atoms with Crippen LogP contribution in [0.15, 0.2) is 0 Å². The van der Waals surface area contributed by atoms with Gasteiger partial charge in [0.15, 0.2) is 0 Å². The van der Waals surface area contributed by atoms with Gasteiger partial charge in [0.05, 0.1) is 6.04 Å². The minimum atomic E-state index is -0.482. The van der Waals surface area contributed by atoms with Crippen molar-refractivity contribution in [3.05, 3.63) is 0 Å². The Hall–Kier alpha value is -0.560. The standard InChI is InChI=1S/C29H58N4O2.2ClH/c1-2-3-4-5-6-7-8-9-10-11-12-13-14-15-22-28(34)33-24-19-17-20-26(33)25-32-29(35)27(31)21-16-18-23-30;;/h26-27H,2-25,30-31H2,1H3,(H,32,35);2*1H. The second-order valence-electron chi connectivity index (χ2n) is 10.7. The lowest BCUT2D eigenvalue weighted by Gasteiger charge is -2.36. The van der Waals surface area contributed by atoms with Crippen LogP contribution in [-0.4, -0.2) is 48.4 Å². The molecule has 0 aromatic rings. The summed E-state index contributed by atoms with van der Waals surface area (Å²) in [6.07, 6.45) is 24.8. The molecule has 1 saturated heterocycles. The number of nitrogens with zero attached hydrogens (tertiary/aromatic N) is 1. The van der Waals surface area contributed by atoms with Crippen molar-refractivity contribution in [3.63, 3.8) is 0 Å². The molecule has 0 radical (unpaired) electrons. The molecule has 5 N–H and O–H groups in total. The number of amides is 2. The second-order valence-corrected chi connectivity index (χ2v) is 10.7. The van der Waals surface area contributed by atoms with Crippen LogP contribution >= 0.6 is 24.8 Å². The predicted molar refractivity (Wildman–Crippen MR) is 163 cm³/mol. The molecule has 6 nitrogen and oxygen atoms in total. The second kappa shape index (κ2) is 27.0. The number of hydrogen-bond donors (Lipinski definition) is 3. The Morgan fingerprint density at radius 1 is 0.811 bits per heavy atom. The van der Waals surface area contributed by atoms with Gasteiger partial charge in [-0.1, -0.05) is 96.8 Å². The van der Waals surface area contributed by atoms with Crippen LogP contribution in [0.2, 0.25) is 0 Å². The summed E-state index contributed by atoms with van der Waals surface area (Å²) in [6.45, 7) is 4.25. The molecule has 0 spiro atoms. The molecular weight excluding hydrogens is 507 g/mol. The highest BCUT2D eigenvalue weighted by molar-refractivity contribution is 5.85. The summed E-state index contributed by atoms with van der Waals surface area (Å²) in [5.74, 6) is 0.155. The molecule has 0 aromatic carbocycles. The molecule has 1 fully saturated rings. The summed E-state index contributed by atoms with van der Waals surface area (Å²) in [7, 11) is 0. The summed E-state index contributed by atoms with van der Waals surface area (Å²) in [5.41, 5.74) is 11.5. The summed E-state index contributed by atoms with van der Waals surface area (Å²) in [4.78, 5) is 27.2. The average molecular weight is 568 g/mol. The predicted octanol–water partition coefficient (Wildman–Crippen LogP) is 6.66. The summed E-state index contributed by atoms with van der Waals surface area (Å²) in [6, 6.07) is -0.368. The van der Waals surface area contributed by atoms with Gasteiger partial charge in [-0.25, -0.2) is 0 Å². The molecule has 2 atom stereocenters.